The van der Waals surface area contributed by atoms with E-state index in [1.165, 1.54) is 36.3 Å². The fourth-order valence-corrected chi connectivity index (χ4v) is 5.59. The van der Waals surface area contributed by atoms with Gasteiger partial charge in [-0.25, -0.2) is 18.4 Å². The van der Waals surface area contributed by atoms with E-state index in [4.69, 9.17) is 16.3 Å². The van der Waals surface area contributed by atoms with Crippen molar-refractivity contribution in [2.75, 3.05) is 18.9 Å². The molecular weight excluding hydrogens is 530 g/mol. The van der Waals surface area contributed by atoms with Crippen LogP contribution in [0.3, 0.4) is 0 Å². The molecule has 0 aliphatic heterocycles. The highest BCUT2D eigenvalue weighted by Gasteiger charge is 2.21. The number of hydrogen-bond acceptors (Lipinski definition) is 7. The maximum atomic E-state index is 13.2. The van der Waals surface area contributed by atoms with Gasteiger partial charge in [0.1, 0.15) is 10.6 Å². The van der Waals surface area contributed by atoms with Crippen LogP contribution >= 0.6 is 11.6 Å². The van der Waals surface area contributed by atoms with Crippen molar-refractivity contribution in [1.82, 2.24) is 19.9 Å². The van der Waals surface area contributed by atoms with Crippen molar-refractivity contribution >= 4 is 44.1 Å². The second-order valence-electron chi connectivity index (χ2n) is 8.77. The molecule has 4 rings (SSSR count). The van der Waals surface area contributed by atoms with Crippen LogP contribution in [0, 0.1) is 12.8 Å². The fraction of sp³-hybridized carbons (Fsp3) is 0.231. The summed E-state index contributed by atoms with van der Waals surface area (Å²) in [6, 6.07) is 11.4. The lowest BCUT2D eigenvalue weighted by atomic mass is 10.0. The second kappa shape index (κ2) is 10.8. The minimum atomic E-state index is -4.06. The molecule has 0 fully saturated rings. The van der Waals surface area contributed by atoms with Gasteiger partial charge >= 0.3 is 0 Å². The molecule has 0 aliphatic rings. The number of nitrogens with one attached hydrogen (secondary N) is 2. The zero-order chi connectivity index (χ0) is 27.6. The van der Waals surface area contributed by atoms with Crippen molar-refractivity contribution in [1.29, 1.82) is 0 Å². The number of ether oxygens (including phenoxy) is 1. The summed E-state index contributed by atoms with van der Waals surface area (Å²) >= 11 is 6.16. The number of nitrogens with zero attached hydrogens (tertiary/aromatic N) is 3. The van der Waals surface area contributed by atoms with Gasteiger partial charge in [0.2, 0.25) is 11.8 Å². The highest BCUT2D eigenvalue weighted by Crippen LogP contribution is 2.32. The molecule has 0 saturated carbocycles. The average molecular weight is 556 g/mol. The van der Waals surface area contributed by atoms with Gasteiger partial charge in [0.05, 0.1) is 35.3 Å². The normalized spacial score (nSPS) is 12.2. The van der Waals surface area contributed by atoms with Crippen LogP contribution in [0.15, 0.2) is 64.7 Å². The number of anilines is 1. The summed E-state index contributed by atoms with van der Waals surface area (Å²) in [6.07, 6.45) is 2.93. The first-order chi connectivity index (χ1) is 18.0. The number of aryl methyl sites for hydroxylation is 1. The average Bonchev–Trinajstić information content (AvgIpc) is 2.90. The van der Waals surface area contributed by atoms with Crippen LogP contribution in [-0.4, -0.2) is 43.0 Å². The fourth-order valence-electron chi connectivity index (χ4n) is 3.96. The van der Waals surface area contributed by atoms with Gasteiger partial charge in [-0.05, 0) is 48.4 Å². The van der Waals surface area contributed by atoms with E-state index in [0.29, 0.717) is 22.0 Å². The number of methoxy groups -OCH3 is 1. The molecule has 0 spiro atoms. The number of fused-ring (bicyclic) bond motifs is 1. The van der Waals surface area contributed by atoms with Crippen molar-refractivity contribution in [3.63, 3.8) is 0 Å². The maximum Gasteiger partial charge on any atom is 0.263 e. The molecule has 0 bridgehead atoms. The lowest BCUT2D eigenvalue weighted by Crippen LogP contribution is -2.32. The van der Waals surface area contributed by atoms with Crippen LogP contribution in [0.1, 0.15) is 12.5 Å². The van der Waals surface area contributed by atoms with Crippen molar-refractivity contribution in [3.05, 3.63) is 75.9 Å². The van der Waals surface area contributed by atoms with E-state index >= 15 is 0 Å². The molecule has 2 heterocycles. The number of pyridine rings is 1. The largest absolute Gasteiger partial charge is 0.480 e. The molecule has 2 aromatic heterocycles. The molecule has 0 saturated heterocycles. The molecule has 1 amide bonds. The van der Waals surface area contributed by atoms with Crippen LogP contribution in [-0.2, 0) is 21.4 Å². The van der Waals surface area contributed by atoms with E-state index in [1.54, 1.807) is 51.2 Å². The molecule has 10 nitrogen and oxygen atoms in total. The highest BCUT2D eigenvalue weighted by molar-refractivity contribution is 7.92. The van der Waals surface area contributed by atoms with Gasteiger partial charge in [-0.2, -0.15) is 0 Å². The molecular formula is C26H26ClN5O5S. The van der Waals surface area contributed by atoms with Gasteiger partial charge < -0.3 is 10.1 Å². The number of carbonyl (C=O) groups excluding carboxylic acids is 1. The summed E-state index contributed by atoms with van der Waals surface area (Å²) in [5.41, 5.74) is 2.16. The first-order valence-corrected chi connectivity index (χ1v) is 13.4. The summed E-state index contributed by atoms with van der Waals surface area (Å²) in [4.78, 5) is 33.6. The Hall–Kier alpha value is -3.96. The highest BCUT2D eigenvalue weighted by atomic mass is 35.5. The van der Waals surface area contributed by atoms with E-state index in [2.05, 4.69) is 20.0 Å². The standard InChI is InChI=1S/C26H26ClN5O5S/c1-15-5-7-20(27)23(9-15)38(35,36)31-22-11-18(12-29-25(22)37-4)17-6-8-21-19(10-17)26(34)32(14-30-21)13-16(2)24(33)28-3/h5-12,14,16,31H,13H2,1-4H3,(H,28,33). The maximum absolute atomic E-state index is 13.2. The monoisotopic (exact) mass is 555 g/mol. The number of amides is 1. The Bertz CT molecular complexity index is 1700. The summed E-state index contributed by atoms with van der Waals surface area (Å²) in [7, 11) is -1.14. The van der Waals surface area contributed by atoms with Gasteiger partial charge in [-0.3, -0.25) is 18.9 Å². The van der Waals surface area contributed by atoms with Crippen LogP contribution in [0.4, 0.5) is 5.69 Å². The Labute approximate surface area is 224 Å². The lowest BCUT2D eigenvalue weighted by molar-refractivity contribution is -0.124. The van der Waals surface area contributed by atoms with Gasteiger partial charge in [0.15, 0.2) is 0 Å². The summed E-state index contributed by atoms with van der Waals surface area (Å²) in [5, 5.41) is 3.00. The number of aromatic nitrogens is 3. The number of halogens is 1. The molecule has 38 heavy (non-hydrogen) atoms. The summed E-state index contributed by atoms with van der Waals surface area (Å²) < 4.78 is 35.5. The lowest BCUT2D eigenvalue weighted by Gasteiger charge is -2.14. The molecule has 0 radical (unpaired) electrons. The molecule has 198 valence electrons. The Kier molecular flexibility index (Phi) is 7.70. The third kappa shape index (κ3) is 5.48. The molecule has 12 heteroatoms. The van der Waals surface area contributed by atoms with Crippen LogP contribution in [0.25, 0.3) is 22.0 Å². The first kappa shape index (κ1) is 27.1. The Morgan fingerprint density at radius 1 is 1.13 bits per heavy atom. The van der Waals surface area contributed by atoms with Crippen LogP contribution in [0.5, 0.6) is 5.88 Å². The van der Waals surface area contributed by atoms with Crippen molar-refractivity contribution in [2.45, 2.75) is 25.3 Å². The van der Waals surface area contributed by atoms with Crippen molar-refractivity contribution in [3.8, 4) is 17.0 Å². The van der Waals surface area contributed by atoms with E-state index < -0.39 is 15.9 Å². The first-order valence-electron chi connectivity index (χ1n) is 11.6. The predicted octanol–water partition coefficient (Wildman–Crippen LogP) is 3.61. The third-order valence-corrected chi connectivity index (χ3v) is 7.83. The number of hydrogen-bond donors (Lipinski definition) is 2. The minimum absolute atomic E-state index is 0.0640. The SMILES string of the molecule is CNC(=O)C(C)Cn1cnc2ccc(-c3cnc(OC)c(NS(=O)(=O)c4cc(C)ccc4Cl)c3)cc2c1=O. The zero-order valence-corrected chi connectivity index (χ0v) is 22.7. The smallest absolute Gasteiger partial charge is 0.263 e. The molecule has 2 aromatic carbocycles. The van der Waals surface area contributed by atoms with Crippen LogP contribution < -0.4 is 20.3 Å². The Morgan fingerprint density at radius 3 is 2.61 bits per heavy atom. The van der Waals surface area contributed by atoms with Gasteiger partial charge in [0, 0.05) is 25.4 Å². The molecule has 1 atom stereocenters. The topological polar surface area (TPSA) is 132 Å². The molecule has 0 aliphatic carbocycles. The summed E-state index contributed by atoms with van der Waals surface area (Å²) in [6.45, 7) is 3.66. The molecule has 4 aromatic rings. The zero-order valence-electron chi connectivity index (χ0n) is 21.1. The number of benzene rings is 2. The number of rotatable bonds is 8. The van der Waals surface area contributed by atoms with Crippen LogP contribution in [0.2, 0.25) is 5.02 Å². The predicted molar refractivity (Wildman–Crippen MR) is 146 cm³/mol. The number of carbonyl (C=O) groups is 1. The number of sulfonamides is 1. The van der Waals surface area contributed by atoms with Gasteiger partial charge in [-0.1, -0.05) is 30.7 Å². The van der Waals surface area contributed by atoms with Gasteiger partial charge in [0.25, 0.3) is 15.6 Å². The van der Waals surface area contributed by atoms with E-state index in [0.717, 1.165) is 5.56 Å². The Balaban J connectivity index is 1.74. The molecule has 1 unspecified atom stereocenters. The van der Waals surface area contributed by atoms with Gasteiger partial charge in [-0.15, -0.1) is 0 Å². The van der Waals surface area contributed by atoms with E-state index in [-0.39, 0.29) is 39.5 Å². The van der Waals surface area contributed by atoms with Crippen molar-refractivity contribution < 1.29 is 17.9 Å². The Morgan fingerprint density at radius 2 is 1.89 bits per heavy atom. The minimum Gasteiger partial charge on any atom is -0.480 e. The van der Waals surface area contributed by atoms with E-state index in [9.17, 15) is 18.0 Å². The summed E-state index contributed by atoms with van der Waals surface area (Å²) in [5.74, 6) is -0.547. The third-order valence-electron chi connectivity index (χ3n) is 5.99. The molecule has 2 N–H and O–H groups in total. The van der Waals surface area contributed by atoms with E-state index in [1.807, 2.05) is 0 Å². The quantitative estimate of drug-likeness (QED) is 0.339. The van der Waals surface area contributed by atoms with Crippen molar-refractivity contribution in [2.24, 2.45) is 5.92 Å². The second-order valence-corrected chi connectivity index (χ2v) is 10.8.